The van der Waals surface area contributed by atoms with Crippen LogP contribution >= 0.6 is 0 Å². The first-order valence-corrected chi connectivity index (χ1v) is 10.3. The second-order valence-electron chi connectivity index (χ2n) is 8.33. The maximum absolute atomic E-state index is 10.7. The average molecular weight is 376 g/mol. The number of aromatic nitrogens is 2. The Hall–Kier alpha value is -2.05. The highest BCUT2D eigenvalue weighted by Crippen LogP contribution is 2.28. The Labute approximate surface area is 162 Å². The van der Waals surface area contributed by atoms with Crippen molar-refractivity contribution in [1.29, 1.82) is 0 Å². The predicted molar refractivity (Wildman–Crippen MR) is 107 cm³/mol. The molecule has 0 bridgehead atoms. The Bertz CT molecular complexity index is 591. The minimum atomic E-state index is -0.680. The summed E-state index contributed by atoms with van der Waals surface area (Å²) in [4.78, 5) is 22.2. The zero-order valence-electron chi connectivity index (χ0n) is 16.6. The molecule has 1 aromatic rings. The Kier molecular flexibility index (Phi) is 6.74. The van der Waals surface area contributed by atoms with Crippen molar-refractivity contribution in [2.75, 3.05) is 29.9 Å². The molecule has 2 heterocycles. The van der Waals surface area contributed by atoms with Gasteiger partial charge in [0.05, 0.1) is 24.7 Å². The van der Waals surface area contributed by atoms with Crippen LogP contribution in [0.4, 0.5) is 16.4 Å². The van der Waals surface area contributed by atoms with E-state index in [1.165, 1.54) is 12.8 Å². The van der Waals surface area contributed by atoms with Crippen molar-refractivity contribution >= 4 is 17.7 Å². The van der Waals surface area contributed by atoms with Crippen molar-refractivity contribution in [2.24, 2.45) is 23.5 Å². The first kappa shape index (κ1) is 19.7. The van der Waals surface area contributed by atoms with Crippen molar-refractivity contribution in [3.63, 3.8) is 0 Å². The van der Waals surface area contributed by atoms with Gasteiger partial charge in [-0.1, -0.05) is 13.8 Å². The standard InChI is InChI=1S/C20H33N5O2/c1-14(2)16-7-9-25(10-8-16)20-22-11-18(12-23-20)24-17-5-3-15(4-6-17)13-27-19(21)26/h11-12,14-17,24H,3-10,13H2,1-2H3,(H2,21,26). The number of anilines is 2. The van der Waals surface area contributed by atoms with E-state index < -0.39 is 6.09 Å². The average Bonchev–Trinajstić information content (AvgIpc) is 2.68. The summed E-state index contributed by atoms with van der Waals surface area (Å²) in [6, 6.07) is 0.422. The number of primary amides is 1. The molecule has 150 valence electrons. The van der Waals surface area contributed by atoms with Crippen LogP contribution in [0, 0.1) is 17.8 Å². The summed E-state index contributed by atoms with van der Waals surface area (Å²) in [5.41, 5.74) is 6.01. The van der Waals surface area contributed by atoms with Crippen LogP contribution in [0.3, 0.4) is 0 Å². The van der Waals surface area contributed by atoms with Gasteiger partial charge in [0.2, 0.25) is 5.95 Å². The Morgan fingerprint density at radius 1 is 1.19 bits per heavy atom. The molecular formula is C20H33N5O2. The summed E-state index contributed by atoms with van der Waals surface area (Å²) in [5.74, 6) is 2.85. The van der Waals surface area contributed by atoms with Gasteiger partial charge in [0.25, 0.3) is 0 Å². The molecule has 0 radical (unpaired) electrons. The lowest BCUT2D eigenvalue weighted by Crippen LogP contribution is -2.36. The van der Waals surface area contributed by atoms with E-state index in [9.17, 15) is 4.79 Å². The monoisotopic (exact) mass is 375 g/mol. The van der Waals surface area contributed by atoms with Crippen LogP contribution in [0.2, 0.25) is 0 Å². The molecule has 0 unspecified atom stereocenters. The van der Waals surface area contributed by atoms with E-state index in [0.717, 1.165) is 62.2 Å². The number of ether oxygens (including phenoxy) is 1. The highest BCUT2D eigenvalue weighted by atomic mass is 16.5. The number of nitrogens with two attached hydrogens (primary N) is 1. The Morgan fingerprint density at radius 3 is 2.37 bits per heavy atom. The van der Waals surface area contributed by atoms with E-state index in [1.807, 2.05) is 12.4 Å². The number of carbonyl (C=O) groups is 1. The molecule has 3 rings (SSSR count). The van der Waals surface area contributed by atoms with Crippen LogP contribution < -0.4 is 16.0 Å². The number of carbonyl (C=O) groups excluding carboxylic acids is 1. The topological polar surface area (TPSA) is 93.4 Å². The smallest absolute Gasteiger partial charge is 0.404 e. The lowest BCUT2D eigenvalue weighted by atomic mass is 9.86. The SMILES string of the molecule is CC(C)C1CCN(c2ncc(NC3CCC(COC(N)=O)CC3)cn2)CC1. The molecular weight excluding hydrogens is 342 g/mol. The highest BCUT2D eigenvalue weighted by Gasteiger charge is 2.24. The molecule has 2 fully saturated rings. The second-order valence-corrected chi connectivity index (χ2v) is 8.33. The van der Waals surface area contributed by atoms with Crippen molar-refractivity contribution in [2.45, 2.75) is 58.4 Å². The molecule has 7 nitrogen and oxygen atoms in total. The van der Waals surface area contributed by atoms with E-state index in [-0.39, 0.29) is 0 Å². The number of amides is 1. The number of nitrogens with one attached hydrogen (secondary N) is 1. The maximum atomic E-state index is 10.7. The van der Waals surface area contributed by atoms with Gasteiger partial charge in [-0.05, 0) is 56.3 Å². The van der Waals surface area contributed by atoms with Crippen LogP contribution in [-0.2, 0) is 4.74 Å². The third-order valence-electron chi connectivity index (χ3n) is 6.08. The number of piperidine rings is 1. The van der Waals surface area contributed by atoms with Gasteiger partial charge < -0.3 is 20.7 Å². The van der Waals surface area contributed by atoms with Crippen molar-refractivity contribution in [3.05, 3.63) is 12.4 Å². The number of hydrogen-bond donors (Lipinski definition) is 2. The summed E-state index contributed by atoms with van der Waals surface area (Å²) < 4.78 is 4.92. The number of hydrogen-bond acceptors (Lipinski definition) is 6. The van der Waals surface area contributed by atoms with E-state index in [2.05, 4.69) is 34.0 Å². The van der Waals surface area contributed by atoms with Gasteiger partial charge in [-0.3, -0.25) is 0 Å². The van der Waals surface area contributed by atoms with Gasteiger partial charge in [-0.25, -0.2) is 14.8 Å². The molecule has 1 aliphatic carbocycles. The zero-order valence-corrected chi connectivity index (χ0v) is 16.6. The van der Waals surface area contributed by atoms with Crippen molar-refractivity contribution in [1.82, 2.24) is 9.97 Å². The van der Waals surface area contributed by atoms with Crippen molar-refractivity contribution in [3.8, 4) is 0 Å². The van der Waals surface area contributed by atoms with Crippen LogP contribution in [0.5, 0.6) is 0 Å². The molecule has 1 aromatic heterocycles. The lowest BCUT2D eigenvalue weighted by molar-refractivity contribution is 0.123. The molecule has 1 amide bonds. The normalized spacial score (nSPS) is 24.0. The van der Waals surface area contributed by atoms with Gasteiger partial charge in [0.15, 0.2) is 0 Å². The first-order chi connectivity index (χ1) is 13.0. The molecule has 0 aromatic carbocycles. The van der Waals surface area contributed by atoms with Gasteiger partial charge in [-0.15, -0.1) is 0 Å². The molecule has 7 heteroatoms. The van der Waals surface area contributed by atoms with E-state index >= 15 is 0 Å². The third kappa shape index (κ3) is 5.71. The van der Waals surface area contributed by atoms with E-state index in [0.29, 0.717) is 18.6 Å². The minimum Gasteiger partial charge on any atom is -0.449 e. The largest absolute Gasteiger partial charge is 0.449 e. The first-order valence-electron chi connectivity index (χ1n) is 10.3. The van der Waals surface area contributed by atoms with Crippen LogP contribution in [-0.4, -0.2) is 41.8 Å². The maximum Gasteiger partial charge on any atom is 0.404 e. The van der Waals surface area contributed by atoms with Crippen molar-refractivity contribution < 1.29 is 9.53 Å². The fraction of sp³-hybridized carbons (Fsp3) is 0.750. The lowest BCUT2D eigenvalue weighted by Gasteiger charge is -2.34. The fourth-order valence-corrected chi connectivity index (χ4v) is 4.23. The van der Waals surface area contributed by atoms with E-state index in [4.69, 9.17) is 10.5 Å². The summed E-state index contributed by atoms with van der Waals surface area (Å²) in [5, 5.41) is 3.54. The summed E-state index contributed by atoms with van der Waals surface area (Å²) in [6.45, 7) is 7.17. The predicted octanol–water partition coefficient (Wildman–Crippen LogP) is 3.42. The van der Waals surface area contributed by atoms with Crippen LogP contribution in [0.15, 0.2) is 12.4 Å². The molecule has 3 N–H and O–H groups in total. The Balaban J connectivity index is 1.43. The molecule has 1 saturated carbocycles. The molecule has 0 atom stereocenters. The van der Waals surface area contributed by atoms with E-state index in [1.54, 1.807) is 0 Å². The molecule has 0 spiro atoms. The van der Waals surface area contributed by atoms with Gasteiger partial charge in [-0.2, -0.15) is 0 Å². The quantitative estimate of drug-likeness (QED) is 0.791. The van der Waals surface area contributed by atoms with Crippen LogP contribution in [0.1, 0.15) is 52.4 Å². The molecule has 27 heavy (non-hydrogen) atoms. The summed E-state index contributed by atoms with van der Waals surface area (Å²) >= 11 is 0. The number of nitrogens with zero attached hydrogens (tertiary/aromatic N) is 3. The van der Waals surface area contributed by atoms with Crippen LogP contribution in [0.25, 0.3) is 0 Å². The highest BCUT2D eigenvalue weighted by molar-refractivity contribution is 5.64. The summed E-state index contributed by atoms with van der Waals surface area (Å²) in [7, 11) is 0. The zero-order chi connectivity index (χ0) is 19.2. The third-order valence-corrected chi connectivity index (χ3v) is 6.08. The Morgan fingerprint density at radius 2 is 1.81 bits per heavy atom. The second kappa shape index (κ2) is 9.24. The van der Waals surface area contributed by atoms with Gasteiger partial charge >= 0.3 is 6.09 Å². The number of rotatable bonds is 6. The molecule has 2 aliphatic rings. The summed E-state index contributed by atoms with van der Waals surface area (Å²) in [6.07, 6.45) is 9.75. The minimum absolute atomic E-state index is 0.419. The van der Waals surface area contributed by atoms with Gasteiger partial charge in [0.1, 0.15) is 0 Å². The molecule has 1 aliphatic heterocycles. The van der Waals surface area contributed by atoms with Gasteiger partial charge in [0, 0.05) is 19.1 Å². The fourth-order valence-electron chi connectivity index (χ4n) is 4.23. The molecule has 1 saturated heterocycles.